The second-order valence-electron chi connectivity index (χ2n) is 4.88. The van der Waals surface area contributed by atoms with Crippen LogP contribution < -0.4 is 0 Å². The minimum atomic E-state index is -0.276. The van der Waals surface area contributed by atoms with Gasteiger partial charge in [-0.05, 0) is 36.6 Å². The molecule has 98 valence electrons. The van der Waals surface area contributed by atoms with Gasteiger partial charge in [-0.25, -0.2) is 4.39 Å². The summed E-state index contributed by atoms with van der Waals surface area (Å²) in [5.41, 5.74) is 2.39. The minimum absolute atomic E-state index is 0.187. The van der Waals surface area contributed by atoms with Crippen molar-refractivity contribution in [3.8, 4) is 0 Å². The number of Topliss-reactive ketones (excluding diaryl/α,β-unsaturated/α-hetero) is 1. The SMILES string of the molecule is O=C1CCCc2cn(Cc3cc(Cl)ccc3F)cc21. The maximum Gasteiger partial charge on any atom is 0.164 e. The van der Waals surface area contributed by atoms with E-state index >= 15 is 0 Å². The molecule has 1 aliphatic rings. The maximum absolute atomic E-state index is 13.7. The molecule has 0 N–H and O–H groups in total. The molecule has 1 heterocycles. The molecule has 0 bridgehead atoms. The van der Waals surface area contributed by atoms with Gasteiger partial charge in [0.2, 0.25) is 0 Å². The van der Waals surface area contributed by atoms with Gasteiger partial charge >= 0.3 is 0 Å². The Kier molecular flexibility index (Phi) is 3.15. The standard InChI is InChI=1S/C15H13ClFNO/c16-12-4-5-14(17)11(6-12)8-18-7-10-2-1-3-15(19)13(10)9-18/h4-7,9H,1-3,8H2. The first-order chi connectivity index (χ1) is 9.13. The average Bonchev–Trinajstić information content (AvgIpc) is 2.78. The number of aryl methyl sites for hydroxylation is 1. The third-order valence-electron chi connectivity index (χ3n) is 3.47. The Bertz CT molecular complexity index is 648. The van der Waals surface area contributed by atoms with E-state index in [-0.39, 0.29) is 11.6 Å². The summed E-state index contributed by atoms with van der Waals surface area (Å²) in [6, 6.07) is 4.52. The number of benzene rings is 1. The normalized spacial score (nSPS) is 14.5. The zero-order valence-electron chi connectivity index (χ0n) is 10.3. The second kappa shape index (κ2) is 4.82. The smallest absolute Gasteiger partial charge is 0.164 e. The van der Waals surface area contributed by atoms with E-state index in [0.717, 1.165) is 24.0 Å². The number of hydrogen-bond donors (Lipinski definition) is 0. The van der Waals surface area contributed by atoms with E-state index < -0.39 is 0 Å². The quantitative estimate of drug-likeness (QED) is 0.817. The first kappa shape index (κ1) is 12.4. The third-order valence-corrected chi connectivity index (χ3v) is 3.71. The molecule has 1 aromatic carbocycles. The van der Waals surface area contributed by atoms with Crippen molar-refractivity contribution in [2.24, 2.45) is 0 Å². The molecule has 0 fully saturated rings. The van der Waals surface area contributed by atoms with E-state index in [0.29, 0.717) is 23.6 Å². The molecule has 0 radical (unpaired) electrons. The first-order valence-corrected chi connectivity index (χ1v) is 6.67. The summed E-state index contributed by atoms with van der Waals surface area (Å²) in [5, 5.41) is 0.518. The van der Waals surface area contributed by atoms with Crippen LogP contribution >= 0.6 is 11.6 Å². The largest absolute Gasteiger partial charge is 0.349 e. The van der Waals surface area contributed by atoms with Crippen molar-refractivity contribution < 1.29 is 9.18 Å². The summed E-state index contributed by atoms with van der Waals surface area (Å²) in [4.78, 5) is 11.8. The second-order valence-corrected chi connectivity index (χ2v) is 5.32. The van der Waals surface area contributed by atoms with Gasteiger partial charge in [0.25, 0.3) is 0 Å². The lowest BCUT2D eigenvalue weighted by Crippen LogP contribution is -2.07. The van der Waals surface area contributed by atoms with Gasteiger partial charge in [0.15, 0.2) is 5.78 Å². The highest BCUT2D eigenvalue weighted by Crippen LogP contribution is 2.23. The topological polar surface area (TPSA) is 22.0 Å². The summed E-state index contributed by atoms with van der Waals surface area (Å²) in [6.07, 6.45) is 6.19. The van der Waals surface area contributed by atoms with Crippen LogP contribution in [0.3, 0.4) is 0 Å². The van der Waals surface area contributed by atoms with Crippen molar-refractivity contribution in [1.82, 2.24) is 4.57 Å². The zero-order chi connectivity index (χ0) is 13.4. The molecule has 0 atom stereocenters. The van der Waals surface area contributed by atoms with Crippen molar-refractivity contribution in [1.29, 1.82) is 0 Å². The summed E-state index contributed by atoms with van der Waals surface area (Å²) in [5.74, 6) is -0.0889. The average molecular weight is 278 g/mol. The predicted octanol–water partition coefficient (Wildman–Crippen LogP) is 3.85. The molecule has 2 aromatic rings. The van der Waals surface area contributed by atoms with E-state index in [1.54, 1.807) is 6.07 Å². The summed E-state index contributed by atoms with van der Waals surface area (Å²) in [7, 11) is 0. The van der Waals surface area contributed by atoms with Gasteiger partial charge in [-0.2, -0.15) is 0 Å². The van der Waals surface area contributed by atoms with Gasteiger partial charge in [-0.1, -0.05) is 11.6 Å². The Hall–Kier alpha value is -1.61. The molecule has 0 amide bonds. The molecule has 1 aromatic heterocycles. The summed E-state index contributed by atoms with van der Waals surface area (Å²) < 4.78 is 15.5. The molecule has 0 aliphatic heterocycles. The molecular formula is C15H13ClFNO. The maximum atomic E-state index is 13.7. The first-order valence-electron chi connectivity index (χ1n) is 6.29. The van der Waals surface area contributed by atoms with Gasteiger partial charge in [-0.15, -0.1) is 0 Å². The Balaban J connectivity index is 1.92. The molecule has 0 unspecified atom stereocenters. The molecule has 0 saturated carbocycles. The Morgan fingerprint density at radius 2 is 2.11 bits per heavy atom. The fourth-order valence-electron chi connectivity index (χ4n) is 2.53. The number of halogens is 2. The van der Waals surface area contributed by atoms with Crippen LogP contribution in [-0.2, 0) is 13.0 Å². The highest BCUT2D eigenvalue weighted by atomic mass is 35.5. The monoisotopic (exact) mass is 277 g/mol. The number of aromatic nitrogens is 1. The molecule has 19 heavy (non-hydrogen) atoms. The molecule has 2 nitrogen and oxygen atoms in total. The van der Waals surface area contributed by atoms with Crippen molar-refractivity contribution in [3.63, 3.8) is 0 Å². The highest BCUT2D eigenvalue weighted by Gasteiger charge is 2.19. The van der Waals surface area contributed by atoms with Gasteiger partial charge < -0.3 is 4.57 Å². The molecule has 0 saturated heterocycles. The number of ketones is 1. The van der Waals surface area contributed by atoms with Gasteiger partial charge in [-0.3, -0.25) is 4.79 Å². The number of carbonyl (C=O) groups is 1. The van der Waals surface area contributed by atoms with Crippen LogP contribution in [0.5, 0.6) is 0 Å². The van der Waals surface area contributed by atoms with Gasteiger partial charge in [0.05, 0.1) is 0 Å². The molecule has 4 heteroatoms. The number of hydrogen-bond acceptors (Lipinski definition) is 1. The lowest BCUT2D eigenvalue weighted by molar-refractivity contribution is 0.0973. The van der Waals surface area contributed by atoms with Gasteiger partial charge in [0.1, 0.15) is 5.82 Å². The van der Waals surface area contributed by atoms with Crippen molar-refractivity contribution in [2.75, 3.05) is 0 Å². The predicted molar refractivity (Wildman–Crippen MR) is 72.2 cm³/mol. The molecule has 3 rings (SSSR count). The summed E-state index contributed by atoms with van der Waals surface area (Å²) in [6.45, 7) is 0.396. The van der Waals surface area contributed by atoms with E-state index in [1.165, 1.54) is 12.1 Å². The van der Waals surface area contributed by atoms with Crippen molar-refractivity contribution in [2.45, 2.75) is 25.8 Å². The number of carbonyl (C=O) groups excluding carboxylic acids is 1. The zero-order valence-corrected chi connectivity index (χ0v) is 11.1. The van der Waals surface area contributed by atoms with Crippen LogP contribution in [-0.4, -0.2) is 10.4 Å². The van der Waals surface area contributed by atoms with Crippen LogP contribution in [0.15, 0.2) is 30.6 Å². The van der Waals surface area contributed by atoms with Crippen LogP contribution in [0.1, 0.15) is 34.3 Å². The Labute approximate surface area is 115 Å². The van der Waals surface area contributed by atoms with E-state index in [1.807, 2.05) is 17.0 Å². The van der Waals surface area contributed by atoms with E-state index in [4.69, 9.17) is 11.6 Å². The third kappa shape index (κ3) is 2.43. The lowest BCUT2D eigenvalue weighted by Gasteiger charge is -2.07. The molecular weight excluding hydrogens is 265 g/mol. The van der Waals surface area contributed by atoms with Gasteiger partial charge in [0, 0.05) is 41.5 Å². The summed E-state index contributed by atoms with van der Waals surface area (Å²) >= 11 is 5.88. The molecule has 1 aliphatic carbocycles. The number of nitrogens with zero attached hydrogens (tertiary/aromatic N) is 1. The van der Waals surface area contributed by atoms with Crippen LogP contribution in [0, 0.1) is 5.82 Å². The number of fused-ring (bicyclic) bond motifs is 1. The minimum Gasteiger partial charge on any atom is -0.349 e. The highest BCUT2D eigenvalue weighted by molar-refractivity contribution is 6.30. The lowest BCUT2D eigenvalue weighted by atomic mass is 9.95. The van der Waals surface area contributed by atoms with Crippen molar-refractivity contribution >= 4 is 17.4 Å². The van der Waals surface area contributed by atoms with Crippen LogP contribution in [0.25, 0.3) is 0 Å². The van der Waals surface area contributed by atoms with Crippen molar-refractivity contribution in [3.05, 3.63) is 58.1 Å². The van der Waals surface area contributed by atoms with E-state index in [2.05, 4.69) is 0 Å². The fourth-order valence-corrected chi connectivity index (χ4v) is 2.73. The fraction of sp³-hybridized carbons (Fsp3) is 0.267. The Morgan fingerprint density at radius 3 is 2.89 bits per heavy atom. The van der Waals surface area contributed by atoms with E-state index in [9.17, 15) is 9.18 Å². The molecule has 0 spiro atoms. The van der Waals surface area contributed by atoms with Crippen LogP contribution in [0.4, 0.5) is 4.39 Å². The Morgan fingerprint density at radius 1 is 1.26 bits per heavy atom. The van der Waals surface area contributed by atoms with Crippen LogP contribution in [0.2, 0.25) is 5.02 Å². The number of rotatable bonds is 2.